The van der Waals surface area contributed by atoms with Gasteiger partial charge < -0.3 is 10.2 Å². The summed E-state index contributed by atoms with van der Waals surface area (Å²) < 4.78 is 0. The van der Waals surface area contributed by atoms with Gasteiger partial charge in [0.05, 0.1) is 0 Å². The van der Waals surface area contributed by atoms with E-state index in [1.165, 1.54) is 154 Å². The Labute approximate surface area is 281 Å². The summed E-state index contributed by atoms with van der Waals surface area (Å²) in [6.45, 7) is 6.03. The predicted molar refractivity (Wildman–Crippen MR) is 197 cm³/mol. The molecule has 0 saturated carbocycles. The molecule has 4 nitrogen and oxygen atoms in total. The number of amides is 2. The van der Waals surface area contributed by atoms with Gasteiger partial charge in [0.25, 0.3) is 0 Å². The summed E-state index contributed by atoms with van der Waals surface area (Å²) in [4.78, 5) is 27.6. The van der Waals surface area contributed by atoms with Crippen LogP contribution in [0.3, 0.4) is 0 Å². The number of nitrogens with zero attached hydrogens (tertiary/aromatic N) is 1. The second-order valence-electron chi connectivity index (χ2n) is 13.8. The molecule has 2 amide bonds. The van der Waals surface area contributed by atoms with E-state index >= 15 is 0 Å². The van der Waals surface area contributed by atoms with E-state index in [9.17, 15) is 9.59 Å². The highest BCUT2D eigenvalue weighted by Crippen LogP contribution is 2.20. The van der Waals surface area contributed by atoms with Crippen LogP contribution in [0.1, 0.15) is 206 Å². The van der Waals surface area contributed by atoms with Crippen molar-refractivity contribution in [2.75, 3.05) is 13.1 Å². The zero-order valence-electron chi connectivity index (χ0n) is 30.3. The van der Waals surface area contributed by atoms with Gasteiger partial charge in [-0.1, -0.05) is 147 Å². The number of allylic oxidation sites excluding steroid dienone is 4. The molecule has 1 rings (SSSR count). The highest BCUT2D eigenvalue weighted by molar-refractivity contribution is 5.88. The Balaban J connectivity index is 1.94. The molecule has 1 aliphatic rings. The molecule has 1 heterocycles. The Morgan fingerprint density at radius 3 is 1.47 bits per heavy atom. The van der Waals surface area contributed by atoms with Crippen molar-refractivity contribution in [3.63, 3.8) is 0 Å². The first-order valence-corrected chi connectivity index (χ1v) is 20.1. The monoisotopic (exact) mass is 629 g/mol. The fourth-order valence-corrected chi connectivity index (χ4v) is 6.53. The van der Waals surface area contributed by atoms with E-state index in [4.69, 9.17) is 0 Å². The average molecular weight is 629 g/mol. The fourth-order valence-electron chi connectivity index (χ4n) is 6.53. The molecule has 0 unspecified atom stereocenters. The average Bonchev–Trinajstić information content (AvgIpc) is 3.55. The minimum atomic E-state index is -0.237. The first-order valence-electron chi connectivity index (χ1n) is 20.1. The van der Waals surface area contributed by atoms with E-state index in [1.54, 1.807) is 0 Å². The maximum Gasteiger partial charge on any atom is 0.242 e. The number of carbonyl (C=O) groups excluding carboxylic acids is 2. The number of carbonyl (C=O) groups is 2. The third-order valence-corrected chi connectivity index (χ3v) is 9.52. The lowest BCUT2D eigenvalue weighted by atomic mass is 10.1. The summed E-state index contributed by atoms with van der Waals surface area (Å²) in [7, 11) is 0. The molecular weight excluding hydrogens is 552 g/mol. The third-order valence-electron chi connectivity index (χ3n) is 9.52. The van der Waals surface area contributed by atoms with Gasteiger partial charge in [-0.15, -0.1) is 0 Å². The summed E-state index contributed by atoms with van der Waals surface area (Å²) in [5, 5.41) is 3.14. The van der Waals surface area contributed by atoms with Crippen molar-refractivity contribution < 1.29 is 9.59 Å². The number of rotatable bonds is 32. The number of likely N-dealkylation sites (tertiary alicyclic amines) is 1. The van der Waals surface area contributed by atoms with Gasteiger partial charge in [-0.05, 0) is 77.0 Å². The molecule has 45 heavy (non-hydrogen) atoms. The van der Waals surface area contributed by atoms with Crippen LogP contribution in [0.4, 0.5) is 0 Å². The maximum atomic E-state index is 12.9. The predicted octanol–water partition coefficient (Wildman–Crippen LogP) is 12.2. The van der Waals surface area contributed by atoms with Crippen LogP contribution in [-0.4, -0.2) is 35.8 Å². The Bertz CT molecular complexity index is 731. The van der Waals surface area contributed by atoms with Gasteiger partial charge in [-0.2, -0.15) is 0 Å². The Morgan fingerprint density at radius 2 is 0.956 bits per heavy atom. The van der Waals surface area contributed by atoms with Crippen molar-refractivity contribution in [1.29, 1.82) is 0 Å². The molecule has 0 aromatic carbocycles. The molecule has 0 aliphatic carbocycles. The number of hydrogen-bond acceptors (Lipinski definition) is 2. The molecule has 1 fully saturated rings. The number of hydrogen-bond donors (Lipinski definition) is 1. The molecule has 4 heteroatoms. The topological polar surface area (TPSA) is 49.4 Å². The summed E-state index contributed by atoms with van der Waals surface area (Å²) in [5.41, 5.74) is 0. The van der Waals surface area contributed by atoms with Gasteiger partial charge in [0, 0.05) is 19.5 Å². The Hall–Kier alpha value is -1.58. The summed E-state index contributed by atoms with van der Waals surface area (Å²) in [5.74, 6) is 0.260. The van der Waals surface area contributed by atoms with Crippen molar-refractivity contribution in [2.45, 2.75) is 213 Å². The second-order valence-corrected chi connectivity index (χ2v) is 13.8. The van der Waals surface area contributed by atoms with Crippen LogP contribution in [0.2, 0.25) is 0 Å². The first kappa shape index (κ1) is 41.4. The lowest BCUT2D eigenvalue weighted by Crippen LogP contribution is -2.46. The molecule has 1 atom stereocenters. The molecule has 0 spiro atoms. The quantitative estimate of drug-likeness (QED) is 0.0595. The molecule has 1 aliphatic heterocycles. The van der Waals surface area contributed by atoms with Crippen LogP contribution in [0.25, 0.3) is 0 Å². The van der Waals surface area contributed by atoms with Gasteiger partial charge in [0.1, 0.15) is 6.04 Å². The minimum absolute atomic E-state index is 0.0722. The van der Waals surface area contributed by atoms with Gasteiger partial charge in [-0.25, -0.2) is 0 Å². The van der Waals surface area contributed by atoms with Crippen LogP contribution >= 0.6 is 0 Å². The van der Waals surface area contributed by atoms with Gasteiger partial charge >= 0.3 is 0 Å². The lowest BCUT2D eigenvalue weighted by molar-refractivity contribution is -0.138. The van der Waals surface area contributed by atoms with Crippen molar-refractivity contribution >= 4 is 11.8 Å². The molecule has 0 radical (unpaired) electrons. The smallest absolute Gasteiger partial charge is 0.242 e. The van der Waals surface area contributed by atoms with Crippen LogP contribution in [0, 0.1) is 0 Å². The van der Waals surface area contributed by atoms with E-state index in [1.807, 2.05) is 4.90 Å². The summed E-state index contributed by atoms with van der Waals surface area (Å²) in [6, 6.07) is -0.237. The van der Waals surface area contributed by atoms with E-state index in [0.29, 0.717) is 6.42 Å². The van der Waals surface area contributed by atoms with Gasteiger partial charge in [-0.3, -0.25) is 9.59 Å². The standard InChI is InChI=1S/C41H76N2O2/c1-3-5-7-9-11-13-15-17-19-21-23-25-27-29-31-33-37-42-41(45)39-35-34-38-43(39)40(44)36-32-30-28-26-24-22-20-18-16-14-12-10-8-6-4-2/h11,13-14,16,39H,3-10,12,15,17-38H2,1-2H3,(H,42,45)/b13-11+,16-14+/t39-/m0/s1. The zero-order valence-corrected chi connectivity index (χ0v) is 30.3. The minimum Gasteiger partial charge on any atom is -0.354 e. The van der Waals surface area contributed by atoms with Crippen molar-refractivity contribution in [3.8, 4) is 0 Å². The highest BCUT2D eigenvalue weighted by Gasteiger charge is 2.33. The van der Waals surface area contributed by atoms with E-state index in [2.05, 4.69) is 43.5 Å². The molecule has 0 bridgehead atoms. The molecular formula is C41H76N2O2. The SMILES string of the molecule is CCCCC/C=C/CCCCCCCCCCCNC(=O)[C@@H]1CCCN1C(=O)CCCCCCCCC/C=C/CCCCCC. The number of unbranched alkanes of at least 4 members (excludes halogenated alkanes) is 23. The second kappa shape index (κ2) is 32.4. The summed E-state index contributed by atoms with van der Waals surface area (Å²) in [6.07, 6.45) is 46.4. The van der Waals surface area contributed by atoms with Crippen LogP contribution < -0.4 is 5.32 Å². The van der Waals surface area contributed by atoms with E-state index in [-0.39, 0.29) is 17.9 Å². The zero-order chi connectivity index (χ0) is 32.5. The van der Waals surface area contributed by atoms with E-state index in [0.717, 1.165) is 45.2 Å². The molecule has 0 aromatic rings. The number of nitrogens with one attached hydrogen (secondary N) is 1. The van der Waals surface area contributed by atoms with Gasteiger partial charge in [0.15, 0.2) is 0 Å². The normalized spacial score (nSPS) is 15.2. The van der Waals surface area contributed by atoms with Crippen LogP contribution in [-0.2, 0) is 9.59 Å². The fraction of sp³-hybridized carbons (Fsp3) is 0.854. The largest absolute Gasteiger partial charge is 0.354 e. The maximum absolute atomic E-state index is 12.9. The summed E-state index contributed by atoms with van der Waals surface area (Å²) >= 11 is 0. The Kier molecular flexibility index (Phi) is 29.8. The lowest BCUT2D eigenvalue weighted by Gasteiger charge is -2.24. The molecule has 0 aromatic heterocycles. The van der Waals surface area contributed by atoms with Crippen molar-refractivity contribution in [3.05, 3.63) is 24.3 Å². The molecule has 1 N–H and O–H groups in total. The molecule has 262 valence electrons. The third kappa shape index (κ3) is 25.2. The van der Waals surface area contributed by atoms with E-state index < -0.39 is 0 Å². The first-order chi connectivity index (χ1) is 22.2. The van der Waals surface area contributed by atoms with Crippen molar-refractivity contribution in [2.24, 2.45) is 0 Å². The van der Waals surface area contributed by atoms with Gasteiger partial charge in [0.2, 0.25) is 11.8 Å². The Morgan fingerprint density at radius 1 is 0.556 bits per heavy atom. The van der Waals surface area contributed by atoms with Crippen molar-refractivity contribution in [1.82, 2.24) is 10.2 Å². The highest BCUT2D eigenvalue weighted by atomic mass is 16.2. The molecule has 1 saturated heterocycles. The van der Waals surface area contributed by atoms with Crippen LogP contribution in [0.15, 0.2) is 24.3 Å². The van der Waals surface area contributed by atoms with Crippen LogP contribution in [0.5, 0.6) is 0 Å².